The van der Waals surface area contributed by atoms with Crippen molar-refractivity contribution >= 4 is 61.7 Å². The number of anilines is 1. The van der Waals surface area contributed by atoms with Crippen molar-refractivity contribution < 1.29 is 33.6 Å². The van der Waals surface area contributed by atoms with Crippen molar-refractivity contribution in [2.45, 2.75) is 51.7 Å². The number of halogens is 1. The molecular weight excluding hydrogens is 904 g/mol. The number of methoxy groups -OCH3 is 4. The topological polar surface area (TPSA) is 196 Å². The highest BCUT2D eigenvalue weighted by molar-refractivity contribution is 7.22. The molecule has 2 amide bonds. The van der Waals surface area contributed by atoms with Gasteiger partial charge in [0.05, 0.1) is 68.3 Å². The molecule has 20 heteroatoms. The van der Waals surface area contributed by atoms with E-state index < -0.39 is 52.0 Å². The monoisotopic (exact) mass is 948 g/mol. The summed E-state index contributed by atoms with van der Waals surface area (Å²) in [5, 5.41) is 17.2. The van der Waals surface area contributed by atoms with Gasteiger partial charge in [-0.25, -0.2) is 33.4 Å². The van der Waals surface area contributed by atoms with Crippen LogP contribution in [0.1, 0.15) is 42.1 Å². The second-order valence-electron chi connectivity index (χ2n) is 17.2. The molecule has 3 aliphatic rings. The molecule has 18 nitrogen and oxygen atoms in total. The van der Waals surface area contributed by atoms with Crippen molar-refractivity contribution in [3.05, 3.63) is 113 Å². The van der Waals surface area contributed by atoms with Crippen LogP contribution in [0.2, 0.25) is 5.02 Å². The molecular formula is C47H45ClN8O10S. The SMILES string of the molecule is COc1cc2nc(CCn3c(=O)n4n(c3=O)C3CC5C(=O)N(c6cc(-c7sc8ccc(Cl)cc8c7C)nn6C)C(=O)C5(C)C(c5c(OC)cc(O)cc5OC)C3=CC4)c(=O)n(C)c2cc1OC. The summed E-state index contributed by atoms with van der Waals surface area (Å²) in [6.45, 7) is 3.48. The molecule has 2 aliphatic heterocycles. The number of carbonyl (C=O) groups is 2. The van der Waals surface area contributed by atoms with Crippen LogP contribution >= 0.6 is 22.9 Å². The van der Waals surface area contributed by atoms with Gasteiger partial charge in [0.2, 0.25) is 11.8 Å². The molecule has 0 radical (unpaired) electrons. The summed E-state index contributed by atoms with van der Waals surface area (Å²) in [5.41, 5.74) is 0.369. The van der Waals surface area contributed by atoms with Crippen molar-refractivity contribution in [1.29, 1.82) is 0 Å². The van der Waals surface area contributed by atoms with E-state index in [-0.39, 0.29) is 54.7 Å². The first-order valence-corrected chi connectivity index (χ1v) is 22.6. The van der Waals surface area contributed by atoms with E-state index >= 15 is 9.59 Å². The maximum atomic E-state index is 15.5. The summed E-state index contributed by atoms with van der Waals surface area (Å²) < 4.78 is 30.3. The second-order valence-corrected chi connectivity index (χ2v) is 18.7. The van der Waals surface area contributed by atoms with Gasteiger partial charge < -0.3 is 28.6 Å². The Balaban J connectivity index is 1.08. The number of nitrogens with zero attached hydrogens (tertiary/aromatic N) is 8. The number of phenolic OH excluding ortho intramolecular Hbond substituents is 1. The molecule has 1 saturated carbocycles. The molecule has 4 unspecified atom stereocenters. The van der Waals surface area contributed by atoms with Gasteiger partial charge in [-0.2, -0.15) is 5.10 Å². The highest BCUT2D eigenvalue weighted by Crippen LogP contribution is 2.64. The van der Waals surface area contributed by atoms with Crippen molar-refractivity contribution in [2.24, 2.45) is 25.4 Å². The maximum Gasteiger partial charge on any atom is 0.347 e. The summed E-state index contributed by atoms with van der Waals surface area (Å²) in [6, 6.07) is 12.6. The number of carbonyl (C=O) groups excluding carboxylic acids is 2. The summed E-state index contributed by atoms with van der Waals surface area (Å²) in [4.78, 5) is 79.9. The van der Waals surface area contributed by atoms with Crippen LogP contribution in [-0.2, 0) is 43.2 Å². The van der Waals surface area contributed by atoms with E-state index in [2.05, 4.69) is 4.98 Å². The third kappa shape index (κ3) is 6.30. The Morgan fingerprint density at radius 1 is 0.896 bits per heavy atom. The van der Waals surface area contributed by atoms with Crippen LogP contribution in [0.4, 0.5) is 5.82 Å². The minimum absolute atomic E-state index is 0.0229. The molecule has 67 heavy (non-hydrogen) atoms. The number of aromatic nitrogens is 7. The van der Waals surface area contributed by atoms with E-state index in [1.54, 1.807) is 39.2 Å². The predicted octanol–water partition coefficient (Wildman–Crippen LogP) is 5.48. The van der Waals surface area contributed by atoms with Gasteiger partial charge in [-0.05, 0) is 55.0 Å². The predicted molar refractivity (Wildman–Crippen MR) is 250 cm³/mol. The number of imide groups is 1. The maximum absolute atomic E-state index is 15.5. The summed E-state index contributed by atoms with van der Waals surface area (Å²) >= 11 is 7.88. The molecule has 6 heterocycles. The average Bonchev–Trinajstić information content (AvgIpc) is 3.99. The Bertz CT molecular complexity index is 3480. The van der Waals surface area contributed by atoms with Crippen LogP contribution in [0, 0.1) is 18.3 Å². The lowest BCUT2D eigenvalue weighted by atomic mass is 9.56. The zero-order valence-corrected chi connectivity index (χ0v) is 39.3. The molecule has 7 aromatic rings. The average molecular weight is 949 g/mol. The van der Waals surface area contributed by atoms with E-state index in [0.717, 1.165) is 25.1 Å². The number of phenols is 1. The van der Waals surface area contributed by atoms with Gasteiger partial charge in [-0.3, -0.25) is 19.1 Å². The van der Waals surface area contributed by atoms with Crippen LogP contribution in [0.3, 0.4) is 0 Å². The largest absolute Gasteiger partial charge is 0.508 e. The van der Waals surface area contributed by atoms with E-state index in [1.807, 2.05) is 31.2 Å². The number of fused-ring (bicyclic) bond motifs is 6. The minimum Gasteiger partial charge on any atom is -0.508 e. The lowest BCUT2D eigenvalue weighted by molar-refractivity contribution is -0.129. The van der Waals surface area contributed by atoms with Gasteiger partial charge in [0.15, 0.2) is 11.5 Å². The Labute approximate surface area is 390 Å². The molecule has 0 spiro atoms. The van der Waals surface area contributed by atoms with Crippen molar-refractivity contribution in [3.63, 3.8) is 0 Å². The first-order valence-electron chi connectivity index (χ1n) is 21.4. The fourth-order valence-electron chi connectivity index (χ4n) is 10.6. The molecule has 4 atom stereocenters. The lowest BCUT2D eigenvalue weighted by Crippen LogP contribution is -2.49. The number of ether oxygens (including phenoxy) is 4. The van der Waals surface area contributed by atoms with E-state index in [4.69, 9.17) is 35.6 Å². The van der Waals surface area contributed by atoms with Crippen LogP contribution in [0.5, 0.6) is 28.7 Å². The quantitative estimate of drug-likeness (QED) is 0.134. The van der Waals surface area contributed by atoms with Crippen molar-refractivity contribution in [1.82, 2.24) is 33.3 Å². The first-order chi connectivity index (χ1) is 32.0. The van der Waals surface area contributed by atoms with Crippen LogP contribution in [-0.4, -0.2) is 78.6 Å². The van der Waals surface area contributed by atoms with E-state index in [9.17, 15) is 19.5 Å². The van der Waals surface area contributed by atoms with Crippen molar-refractivity contribution in [3.8, 4) is 39.3 Å². The molecule has 1 saturated heterocycles. The Hall–Kier alpha value is -7.12. The van der Waals surface area contributed by atoms with E-state index in [0.29, 0.717) is 44.4 Å². The number of amides is 2. The first kappa shape index (κ1) is 43.8. The lowest BCUT2D eigenvalue weighted by Gasteiger charge is -2.47. The Morgan fingerprint density at radius 2 is 1.58 bits per heavy atom. The van der Waals surface area contributed by atoms with Gasteiger partial charge in [0, 0.05) is 78.6 Å². The zero-order chi connectivity index (χ0) is 47.5. The Morgan fingerprint density at radius 3 is 2.27 bits per heavy atom. The number of aromatic hydroxyl groups is 1. The van der Waals surface area contributed by atoms with Crippen LogP contribution in [0.15, 0.2) is 74.6 Å². The summed E-state index contributed by atoms with van der Waals surface area (Å²) in [7, 11) is 9.11. The number of benzene rings is 3. The van der Waals surface area contributed by atoms with Gasteiger partial charge in [-0.15, -0.1) is 11.3 Å². The fourth-order valence-corrected chi connectivity index (χ4v) is 11.9. The van der Waals surface area contributed by atoms with Crippen LogP contribution < -0.4 is 40.8 Å². The van der Waals surface area contributed by atoms with Gasteiger partial charge in [0.1, 0.15) is 34.5 Å². The zero-order valence-electron chi connectivity index (χ0n) is 37.7. The summed E-state index contributed by atoms with van der Waals surface area (Å²) in [6.07, 6.45) is 1.73. The third-order valence-electron chi connectivity index (χ3n) is 13.9. The molecule has 10 rings (SSSR count). The minimum atomic E-state index is -1.51. The molecule has 346 valence electrons. The highest BCUT2D eigenvalue weighted by Gasteiger charge is 2.66. The summed E-state index contributed by atoms with van der Waals surface area (Å²) in [5.74, 6) is -1.71. The number of hydrogen-bond acceptors (Lipinski definition) is 13. The number of hydrogen-bond donors (Lipinski definition) is 1. The number of thiophene rings is 1. The number of allylic oxidation sites excluding steroid dienone is 2. The second kappa shape index (κ2) is 15.8. The highest BCUT2D eigenvalue weighted by atomic mass is 35.5. The van der Waals surface area contributed by atoms with Crippen molar-refractivity contribution in [2.75, 3.05) is 33.3 Å². The molecule has 1 N–H and O–H groups in total. The standard InChI is InChI=1S/C47H45ClN8O10S/c1-22-26-15-23(48)9-10-37(26)67-41(22)30-20-38(52(4)50-30)55-42(58)27-18-31-25(40(47(27,2)44(55)60)39-35(65-7)16-24(57)17-36(39)66-8)11-14-54-45(61)53(46(62)56(31)54)13-12-28-43(59)51(3)32-21-34(64-6)33(63-5)19-29(32)49-28/h9-11,15-17,19-21,27,31,40,57H,12-14,18H2,1-8H3. The third-order valence-corrected chi connectivity index (χ3v) is 15.4. The van der Waals surface area contributed by atoms with Gasteiger partial charge in [0.25, 0.3) is 5.56 Å². The normalized spacial score (nSPS) is 20.0. The smallest absolute Gasteiger partial charge is 0.347 e. The molecule has 3 aromatic carbocycles. The fraction of sp³-hybridized carbons (Fsp3) is 0.340. The Kier molecular flexibility index (Phi) is 10.3. The number of rotatable bonds is 10. The molecule has 0 bridgehead atoms. The molecule has 2 fully saturated rings. The van der Waals surface area contributed by atoms with Gasteiger partial charge in [-0.1, -0.05) is 17.7 Å². The van der Waals surface area contributed by atoms with E-state index in [1.165, 1.54) is 75.4 Å². The molecule has 4 aromatic heterocycles. The van der Waals surface area contributed by atoms with Crippen LogP contribution in [0.25, 0.3) is 31.7 Å². The number of aryl methyl sites for hydroxylation is 4. The van der Waals surface area contributed by atoms with Gasteiger partial charge >= 0.3 is 11.4 Å². The molecule has 1 aliphatic carbocycles.